The lowest BCUT2D eigenvalue weighted by Crippen LogP contribution is -2.18. The first-order chi connectivity index (χ1) is 8.90. The first-order valence-electron chi connectivity index (χ1n) is 5.43. The molecule has 0 fully saturated rings. The number of thioether (sulfide) groups is 1. The van der Waals surface area contributed by atoms with Crippen LogP contribution < -0.4 is 10.5 Å². The number of nitrogen functional groups attached to an aromatic ring is 1. The van der Waals surface area contributed by atoms with Gasteiger partial charge in [0.05, 0.1) is 18.4 Å². The standard InChI is InChI=1S/C11H16N2O4S2/c1-13-19(15,16)8-3-4-9(12)10(7-8)18-6-5-11(14)17-2/h3-4,7,13H,5-6,12H2,1-2H3. The van der Waals surface area contributed by atoms with Gasteiger partial charge in [0.15, 0.2) is 0 Å². The average molecular weight is 304 g/mol. The molecule has 19 heavy (non-hydrogen) atoms. The molecular formula is C11H16N2O4S2. The topological polar surface area (TPSA) is 98.5 Å². The smallest absolute Gasteiger partial charge is 0.306 e. The summed E-state index contributed by atoms with van der Waals surface area (Å²) in [5.41, 5.74) is 6.25. The summed E-state index contributed by atoms with van der Waals surface area (Å²) in [6, 6.07) is 4.46. The molecule has 0 aliphatic rings. The summed E-state index contributed by atoms with van der Waals surface area (Å²) in [6.07, 6.45) is 0.240. The lowest BCUT2D eigenvalue weighted by molar-refractivity contribution is -0.140. The van der Waals surface area contributed by atoms with Crippen molar-refractivity contribution >= 4 is 33.4 Å². The minimum atomic E-state index is -3.49. The molecule has 0 aromatic heterocycles. The fraction of sp³-hybridized carbons (Fsp3) is 0.364. The predicted octanol–water partition coefficient (Wildman–Crippen LogP) is 0.832. The number of methoxy groups -OCH3 is 1. The quantitative estimate of drug-likeness (QED) is 0.459. The molecule has 1 aromatic rings. The van der Waals surface area contributed by atoms with Gasteiger partial charge in [0.2, 0.25) is 10.0 Å². The van der Waals surface area contributed by atoms with Crippen molar-refractivity contribution in [1.82, 2.24) is 4.72 Å². The fourth-order valence-electron chi connectivity index (χ4n) is 1.27. The fourth-order valence-corrected chi connectivity index (χ4v) is 3.04. The van der Waals surface area contributed by atoms with E-state index in [1.165, 1.54) is 44.1 Å². The maximum Gasteiger partial charge on any atom is 0.306 e. The molecule has 0 aliphatic carbocycles. The van der Waals surface area contributed by atoms with Crippen LogP contribution in [0.4, 0.5) is 5.69 Å². The molecule has 8 heteroatoms. The molecule has 0 spiro atoms. The third-order valence-electron chi connectivity index (χ3n) is 2.36. The Morgan fingerprint density at radius 3 is 2.74 bits per heavy atom. The van der Waals surface area contributed by atoms with Crippen molar-refractivity contribution in [3.63, 3.8) is 0 Å². The molecule has 0 aliphatic heterocycles. The minimum Gasteiger partial charge on any atom is -0.469 e. The largest absolute Gasteiger partial charge is 0.469 e. The third kappa shape index (κ3) is 4.41. The van der Waals surface area contributed by atoms with E-state index >= 15 is 0 Å². The number of carbonyl (C=O) groups excluding carboxylic acids is 1. The average Bonchev–Trinajstić information content (AvgIpc) is 2.40. The minimum absolute atomic E-state index is 0.143. The summed E-state index contributed by atoms with van der Waals surface area (Å²) < 4.78 is 30.1. The Morgan fingerprint density at radius 1 is 1.47 bits per heavy atom. The number of nitrogens with two attached hydrogens (primary N) is 1. The summed E-state index contributed by atoms with van der Waals surface area (Å²) >= 11 is 1.31. The summed E-state index contributed by atoms with van der Waals surface area (Å²) in [7, 11) is -0.830. The molecule has 0 atom stereocenters. The maximum absolute atomic E-state index is 11.7. The van der Waals surface area contributed by atoms with E-state index in [1.54, 1.807) is 0 Å². The van der Waals surface area contributed by atoms with E-state index in [2.05, 4.69) is 9.46 Å². The highest BCUT2D eigenvalue weighted by molar-refractivity contribution is 7.99. The molecule has 0 radical (unpaired) electrons. The Labute approximate surface area is 116 Å². The van der Waals surface area contributed by atoms with E-state index in [0.29, 0.717) is 16.3 Å². The predicted molar refractivity (Wildman–Crippen MR) is 74.5 cm³/mol. The van der Waals surface area contributed by atoms with Crippen LogP contribution in [0.15, 0.2) is 28.0 Å². The normalized spacial score (nSPS) is 11.3. The zero-order valence-corrected chi connectivity index (χ0v) is 12.3. The maximum atomic E-state index is 11.7. The number of hydrogen-bond donors (Lipinski definition) is 2. The van der Waals surface area contributed by atoms with Crippen LogP contribution in [-0.4, -0.2) is 34.3 Å². The number of hydrogen-bond acceptors (Lipinski definition) is 6. The van der Waals surface area contributed by atoms with Crippen LogP contribution in [0, 0.1) is 0 Å². The van der Waals surface area contributed by atoms with Crippen LogP contribution in [0.2, 0.25) is 0 Å². The second-order valence-electron chi connectivity index (χ2n) is 3.58. The van der Waals surface area contributed by atoms with E-state index in [1.807, 2.05) is 0 Å². The van der Waals surface area contributed by atoms with Crippen LogP contribution in [0.1, 0.15) is 6.42 Å². The number of sulfonamides is 1. The molecule has 3 N–H and O–H groups in total. The highest BCUT2D eigenvalue weighted by atomic mass is 32.2. The molecule has 0 saturated carbocycles. The molecule has 1 rings (SSSR count). The van der Waals surface area contributed by atoms with Crippen LogP contribution in [0.3, 0.4) is 0 Å². The Hall–Kier alpha value is -1.25. The van der Waals surface area contributed by atoms with E-state index in [4.69, 9.17) is 5.73 Å². The highest BCUT2D eigenvalue weighted by Crippen LogP contribution is 2.28. The molecule has 0 saturated heterocycles. The van der Waals surface area contributed by atoms with Crippen LogP contribution in [-0.2, 0) is 19.6 Å². The molecule has 6 nitrogen and oxygen atoms in total. The van der Waals surface area contributed by atoms with Crippen LogP contribution >= 0.6 is 11.8 Å². The van der Waals surface area contributed by atoms with E-state index in [0.717, 1.165) is 0 Å². The Kier molecular flexibility index (Phi) is 5.64. The van der Waals surface area contributed by atoms with Crippen molar-refractivity contribution in [2.24, 2.45) is 0 Å². The van der Waals surface area contributed by atoms with Gasteiger partial charge in [0.1, 0.15) is 0 Å². The first-order valence-corrected chi connectivity index (χ1v) is 7.90. The van der Waals surface area contributed by atoms with Gasteiger partial charge in [-0.25, -0.2) is 13.1 Å². The number of ether oxygens (including phenoxy) is 1. The molecule has 106 valence electrons. The number of anilines is 1. The van der Waals surface area contributed by atoms with Crippen molar-refractivity contribution in [2.75, 3.05) is 25.6 Å². The van der Waals surface area contributed by atoms with E-state index < -0.39 is 10.0 Å². The Balaban J connectivity index is 2.84. The number of esters is 1. The molecular weight excluding hydrogens is 288 g/mol. The summed E-state index contributed by atoms with van der Waals surface area (Å²) in [6.45, 7) is 0. The molecule has 0 bridgehead atoms. The van der Waals surface area contributed by atoms with Crippen molar-refractivity contribution in [3.8, 4) is 0 Å². The third-order valence-corrected chi connectivity index (χ3v) is 4.84. The number of nitrogens with one attached hydrogen (secondary N) is 1. The monoisotopic (exact) mass is 304 g/mol. The van der Waals surface area contributed by atoms with Crippen molar-refractivity contribution in [2.45, 2.75) is 16.2 Å². The van der Waals surface area contributed by atoms with Gasteiger partial charge in [-0.05, 0) is 25.2 Å². The summed E-state index contributed by atoms with van der Waals surface area (Å²) in [4.78, 5) is 11.8. The molecule has 0 heterocycles. The molecule has 0 unspecified atom stereocenters. The number of carbonyl (C=O) groups is 1. The van der Waals surface area contributed by atoms with Crippen LogP contribution in [0.25, 0.3) is 0 Å². The second kappa shape index (κ2) is 6.78. The summed E-state index contributed by atoms with van der Waals surface area (Å²) in [5, 5.41) is 0. The number of rotatable bonds is 6. The van der Waals surface area contributed by atoms with E-state index in [9.17, 15) is 13.2 Å². The highest BCUT2D eigenvalue weighted by Gasteiger charge is 2.13. The van der Waals surface area contributed by atoms with Crippen LogP contribution in [0.5, 0.6) is 0 Å². The van der Waals surface area contributed by atoms with Gasteiger partial charge >= 0.3 is 5.97 Å². The first kappa shape index (κ1) is 15.8. The van der Waals surface area contributed by atoms with Gasteiger partial charge in [-0.3, -0.25) is 4.79 Å². The van der Waals surface area contributed by atoms with Crippen molar-refractivity contribution in [1.29, 1.82) is 0 Å². The van der Waals surface area contributed by atoms with Crippen molar-refractivity contribution in [3.05, 3.63) is 18.2 Å². The SMILES string of the molecule is CNS(=O)(=O)c1ccc(N)c(SCCC(=O)OC)c1. The summed E-state index contributed by atoms with van der Waals surface area (Å²) in [5.74, 6) is 0.157. The number of benzene rings is 1. The zero-order chi connectivity index (χ0) is 14.5. The molecule has 1 aromatic carbocycles. The van der Waals surface area contributed by atoms with Gasteiger partial charge in [0.25, 0.3) is 0 Å². The van der Waals surface area contributed by atoms with Crippen molar-refractivity contribution < 1.29 is 17.9 Å². The second-order valence-corrected chi connectivity index (χ2v) is 6.61. The van der Waals surface area contributed by atoms with Gasteiger partial charge < -0.3 is 10.5 Å². The lowest BCUT2D eigenvalue weighted by Gasteiger charge is -2.08. The Bertz CT molecular complexity index is 558. The van der Waals surface area contributed by atoms with Gasteiger partial charge in [-0.15, -0.1) is 11.8 Å². The Morgan fingerprint density at radius 2 is 2.16 bits per heavy atom. The van der Waals surface area contributed by atoms with E-state index in [-0.39, 0.29) is 17.3 Å². The molecule has 0 amide bonds. The van der Waals surface area contributed by atoms with Gasteiger partial charge in [0, 0.05) is 16.3 Å². The zero-order valence-electron chi connectivity index (χ0n) is 10.7. The van der Waals surface area contributed by atoms with Gasteiger partial charge in [-0.1, -0.05) is 0 Å². The van der Waals surface area contributed by atoms with Gasteiger partial charge in [-0.2, -0.15) is 0 Å². The lowest BCUT2D eigenvalue weighted by atomic mass is 10.3.